The van der Waals surface area contributed by atoms with Gasteiger partial charge in [0.2, 0.25) is 5.89 Å². The second-order valence-corrected chi connectivity index (χ2v) is 7.05. The maximum absolute atomic E-state index is 5.71. The number of aromatic nitrogens is 2. The van der Waals surface area contributed by atoms with E-state index in [1.165, 1.54) is 5.56 Å². The third kappa shape index (κ3) is 8.15. The molecule has 0 saturated heterocycles. The van der Waals surface area contributed by atoms with Crippen molar-refractivity contribution in [2.75, 3.05) is 19.7 Å². The van der Waals surface area contributed by atoms with Gasteiger partial charge in [0, 0.05) is 12.0 Å². The molecule has 0 aliphatic rings. The van der Waals surface area contributed by atoms with E-state index in [1.807, 2.05) is 52.0 Å². The number of hydrogen-bond donors (Lipinski definition) is 2. The molecule has 0 aliphatic carbocycles. The van der Waals surface area contributed by atoms with Gasteiger partial charge in [-0.15, -0.1) is 24.0 Å². The van der Waals surface area contributed by atoms with E-state index < -0.39 is 0 Å². The van der Waals surface area contributed by atoms with Gasteiger partial charge in [0.25, 0.3) is 0 Å². The molecule has 0 atom stereocenters. The van der Waals surface area contributed by atoms with E-state index in [0.717, 1.165) is 12.3 Å². The van der Waals surface area contributed by atoms with Gasteiger partial charge in [-0.25, -0.2) is 4.99 Å². The molecule has 2 N–H and O–H groups in total. The molecule has 2 rings (SSSR count). The van der Waals surface area contributed by atoms with Crippen molar-refractivity contribution in [3.8, 4) is 5.75 Å². The summed E-state index contributed by atoms with van der Waals surface area (Å²) in [4.78, 5) is 8.88. The molecule has 2 aromatic rings. The summed E-state index contributed by atoms with van der Waals surface area (Å²) in [5.74, 6) is 2.75. The molecule has 0 amide bonds. The van der Waals surface area contributed by atoms with Crippen LogP contribution in [0.25, 0.3) is 0 Å². The average Bonchev–Trinajstić information content (AvgIpc) is 3.07. The highest BCUT2D eigenvalue weighted by molar-refractivity contribution is 14.0. The van der Waals surface area contributed by atoms with E-state index in [1.54, 1.807) is 0 Å². The fourth-order valence-corrected chi connectivity index (χ4v) is 2.09. The van der Waals surface area contributed by atoms with Gasteiger partial charge in [-0.1, -0.05) is 43.6 Å². The summed E-state index contributed by atoms with van der Waals surface area (Å²) in [6, 6.07) is 8.01. The Kier molecular flexibility index (Phi) is 9.54. The Morgan fingerprint density at radius 2 is 1.89 bits per heavy atom. The highest BCUT2D eigenvalue weighted by atomic mass is 127. The molecule has 0 bridgehead atoms. The van der Waals surface area contributed by atoms with Gasteiger partial charge in [-0.3, -0.25) is 0 Å². The number of guanidine groups is 1. The average molecular weight is 487 g/mol. The van der Waals surface area contributed by atoms with Crippen molar-refractivity contribution in [1.82, 2.24) is 20.8 Å². The second-order valence-electron chi connectivity index (χ2n) is 7.05. The van der Waals surface area contributed by atoms with Gasteiger partial charge in [0.05, 0.1) is 6.54 Å². The molecule has 0 saturated carbocycles. The molecule has 1 aromatic carbocycles. The lowest BCUT2D eigenvalue weighted by atomic mass is 9.97. The highest BCUT2D eigenvalue weighted by Gasteiger charge is 2.21. The second kappa shape index (κ2) is 11.1. The number of aryl methyl sites for hydroxylation is 1. The minimum atomic E-state index is -0.162. The first-order valence-electron chi connectivity index (χ1n) is 8.93. The zero-order chi connectivity index (χ0) is 19.0. The Hall–Kier alpha value is -1.84. The predicted molar refractivity (Wildman–Crippen MR) is 118 cm³/mol. The SMILES string of the molecule is CCNC(=NCc1noc(C(C)(C)C)n1)NCCOc1ccc(C)cc1.I. The monoisotopic (exact) mass is 487 g/mol. The maximum Gasteiger partial charge on any atom is 0.232 e. The summed E-state index contributed by atoms with van der Waals surface area (Å²) in [7, 11) is 0. The van der Waals surface area contributed by atoms with Crippen LogP contribution >= 0.6 is 24.0 Å². The molecule has 0 unspecified atom stereocenters. The Morgan fingerprint density at radius 3 is 2.48 bits per heavy atom. The predicted octanol–water partition coefficient (Wildman–Crippen LogP) is 3.43. The van der Waals surface area contributed by atoms with Crippen LogP contribution in [0.5, 0.6) is 5.75 Å². The van der Waals surface area contributed by atoms with E-state index in [2.05, 4.69) is 32.7 Å². The van der Waals surface area contributed by atoms with Gasteiger partial charge in [-0.05, 0) is 26.0 Å². The molecule has 150 valence electrons. The van der Waals surface area contributed by atoms with E-state index in [-0.39, 0.29) is 29.4 Å². The summed E-state index contributed by atoms with van der Waals surface area (Å²) in [6.07, 6.45) is 0. The minimum Gasteiger partial charge on any atom is -0.492 e. The van der Waals surface area contributed by atoms with Crippen molar-refractivity contribution in [2.45, 2.75) is 46.6 Å². The molecule has 0 aliphatic heterocycles. The molecule has 1 aromatic heterocycles. The fourth-order valence-electron chi connectivity index (χ4n) is 2.09. The first kappa shape index (κ1) is 23.2. The van der Waals surface area contributed by atoms with Crippen molar-refractivity contribution < 1.29 is 9.26 Å². The first-order chi connectivity index (χ1) is 12.4. The summed E-state index contributed by atoms with van der Waals surface area (Å²) in [5, 5.41) is 10.4. The van der Waals surface area contributed by atoms with Crippen LogP contribution < -0.4 is 15.4 Å². The molecule has 0 radical (unpaired) electrons. The van der Waals surface area contributed by atoms with Crippen LogP contribution in [0.4, 0.5) is 0 Å². The third-order valence-corrected chi connectivity index (χ3v) is 3.52. The number of hydrogen-bond acceptors (Lipinski definition) is 5. The molecule has 7 nitrogen and oxygen atoms in total. The van der Waals surface area contributed by atoms with Gasteiger partial charge < -0.3 is 19.9 Å². The first-order valence-corrected chi connectivity index (χ1v) is 8.93. The van der Waals surface area contributed by atoms with Gasteiger partial charge in [0.15, 0.2) is 11.8 Å². The zero-order valence-electron chi connectivity index (χ0n) is 16.7. The Bertz CT molecular complexity index is 708. The number of benzene rings is 1. The molecule has 8 heteroatoms. The summed E-state index contributed by atoms with van der Waals surface area (Å²) < 4.78 is 11.0. The number of nitrogens with zero attached hydrogens (tertiary/aromatic N) is 3. The van der Waals surface area contributed by atoms with Crippen LogP contribution in [0, 0.1) is 6.92 Å². The topological polar surface area (TPSA) is 84.6 Å². The Balaban J connectivity index is 0.00000364. The molecule has 27 heavy (non-hydrogen) atoms. The summed E-state index contributed by atoms with van der Waals surface area (Å²) in [5.41, 5.74) is 1.05. The number of halogens is 1. The minimum absolute atomic E-state index is 0. The van der Waals surface area contributed by atoms with Crippen LogP contribution in [0.1, 0.15) is 45.0 Å². The zero-order valence-corrected chi connectivity index (χ0v) is 19.0. The summed E-state index contributed by atoms with van der Waals surface area (Å²) >= 11 is 0. The van der Waals surface area contributed by atoms with Gasteiger partial charge >= 0.3 is 0 Å². The third-order valence-electron chi connectivity index (χ3n) is 3.52. The van der Waals surface area contributed by atoms with Crippen molar-refractivity contribution in [1.29, 1.82) is 0 Å². The maximum atomic E-state index is 5.71. The largest absolute Gasteiger partial charge is 0.492 e. The lowest BCUT2D eigenvalue weighted by Gasteiger charge is -2.12. The Morgan fingerprint density at radius 1 is 1.19 bits per heavy atom. The number of nitrogens with one attached hydrogen (secondary N) is 2. The highest BCUT2D eigenvalue weighted by Crippen LogP contribution is 2.19. The molecule has 0 fully saturated rings. The van der Waals surface area contributed by atoms with Crippen molar-refractivity contribution in [3.63, 3.8) is 0 Å². The van der Waals surface area contributed by atoms with E-state index in [4.69, 9.17) is 9.26 Å². The standard InChI is InChI=1S/C19H29N5O2.HI/c1-6-20-18(21-11-12-25-15-9-7-14(2)8-10-15)22-13-16-23-17(26-24-16)19(3,4)5;/h7-10H,6,11-13H2,1-5H3,(H2,20,21,22);1H. The van der Waals surface area contributed by atoms with Crippen LogP contribution in [-0.2, 0) is 12.0 Å². The Labute approximate surface area is 178 Å². The normalized spacial score (nSPS) is 11.7. The number of rotatable bonds is 7. The molecular formula is C19H30IN5O2. The van der Waals surface area contributed by atoms with Crippen molar-refractivity contribution >= 4 is 29.9 Å². The summed E-state index contributed by atoms with van der Waals surface area (Å²) in [6.45, 7) is 12.5. The lowest BCUT2D eigenvalue weighted by molar-refractivity contribution is 0.318. The van der Waals surface area contributed by atoms with E-state index in [9.17, 15) is 0 Å². The van der Waals surface area contributed by atoms with Crippen molar-refractivity contribution in [2.24, 2.45) is 4.99 Å². The lowest BCUT2D eigenvalue weighted by Crippen LogP contribution is -2.39. The number of aliphatic imine (C=N–C) groups is 1. The van der Waals surface area contributed by atoms with Gasteiger partial charge in [-0.2, -0.15) is 4.98 Å². The van der Waals surface area contributed by atoms with E-state index >= 15 is 0 Å². The molecule has 1 heterocycles. The molecular weight excluding hydrogens is 457 g/mol. The fraction of sp³-hybridized carbons (Fsp3) is 0.526. The van der Waals surface area contributed by atoms with Gasteiger partial charge in [0.1, 0.15) is 18.9 Å². The van der Waals surface area contributed by atoms with Crippen LogP contribution in [-0.4, -0.2) is 35.8 Å². The van der Waals surface area contributed by atoms with Crippen LogP contribution in [0.2, 0.25) is 0 Å². The van der Waals surface area contributed by atoms with Crippen LogP contribution in [0.15, 0.2) is 33.8 Å². The quantitative estimate of drug-likeness (QED) is 0.270. The molecule has 0 spiro atoms. The smallest absolute Gasteiger partial charge is 0.232 e. The van der Waals surface area contributed by atoms with Crippen molar-refractivity contribution in [3.05, 3.63) is 41.5 Å². The van der Waals surface area contributed by atoms with Crippen LogP contribution in [0.3, 0.4) is 0 Å². The van der Waals surface area contributed by atoms with E-state index in [0.29, 0.717) is 37.4 Å². The number of ether oxygens (including phenoxy) is 1.